The number of anilines is 1. The molecule has 0 aliphatic carbocycles. The van der Waals surface area contributed by atoms with Gasteiger partial charge < -0.3 is 14.8 Å². The zero-order chi connectivity index (χ0) is 18.9. The van der Waals surface area contributed by atoms with E-state index >= 15 is 0 Å². The summed E-state index contributed by atoms with van der Waals surface area (Å²) in [6.45, 7) is -0.469. The van der Waals surface area contributed by atoms with E-state index in [9.17, 15) is 19.7 Å². The number of hydrogen-bond acceptors (Lipinski definition) is 6. The fourth-order valence-corrected chi connectivity index (χ4v) is 1.93. The molecule has 0 saturated heterocycles. The summed E-state index contributed by atoms with van der Waals surface area (Å²) in [5.74, 6) is -0.516. The highest BCUT2D eigenvalue weighted by molar-refractivity contribution is 5.94. The molecular formula is C18H16N2O6. The molecule has 8 heteroatoms. The maximum Gasteiger partial charge on any atom is 0.331 e. The summed E-state index contributed by atoms with van der Waals surface area (Å²) in [7, 11) is 1.56. The minimum absolute atomic E-state index is 0.0851. The predicted molar refractivity (Wildman–Crippen MR) is 94.7 cm³/mol. The number of amides is 1. The molecule has 2 aromatic rings. The summed E-state index contributed by atoms with van der Waals surface area (Å²) in [6.07, 6.45) is 2.76. The first-order valence-corrected chi connectivity index (χ1v) is 7.51. The first-order chi connectivity index (χ1) is 12.5. The maximum absolute atomic E-state index is 11.7. The summed E-state index contributed by atoms with van der Waals surface area (Å²) < 4.78 is 9.87. The molecule has 2 rings (SSSR count). The molecule has 2 aromatic carbocycles. The quantitative estimate of drug-likeness (QED) is 0.354. The van der Waals surface area contributed by atoms with Crippen LogP contribution in [0.3, 0.4) is 0 Å². The van der Waals surface area contributed by atoms with Gasteiger partial charge in [-0.2, -0.15) is 0 Å². The number of benzene rings is 2. The predicted octanol–water partition coefficient (Wildman–Crippen LogP) is 2.80. The standard InChI is InChI=1S/C18H16N2O6/c1-25-16-9-2-13(3-10-16)4-11-18(22)26-12-17(21)19-14-5-7-15(8-6-14)20(23)24/h2-11H,12H2,1H3,(H,19,21)/b11-4+. The Kier molecular flexibility index (Phi) is 6.44. The third kappa shape index (κ3) is 5.75. The zero-order valence-corrected chi connectivity index (χ0v) is 13.9. The van der Waals surface area contributed by atoms with E-state index < -0.39 is 23.4 Å². The van der Waals surface area contributed by atoms with Crippen LogP contribution in [0.4, 0.5) is 11.4 Å². The van der Waals surface area contributed by atoms with Crippen molar-refractivity contribution in [1.29, 1.82) is 0 Å². The fraction of sp³-hybridized carbons (Fsp3) is 0.111. The highest BCUT2D eigenvalue weighted by Gasteiger charge is 2.08. The van der Waals surface area contributed by atoms with Crippen LogP contribution in [0.2, 0.25) is 0 Å². The molecule has 134 valence electrons. The van der Waals surface area contributed by atoms with Gasteiger partial charge in [0.15, 0.2) is 6.61 Å². The number of nitro groups is 1. The van der Waals surface area contributed by atoms with Gasteiger partial charge in [-0.1, -0.05) is 12.1 Å². The Labute approximate surface area is 149 Å². The van der Waals surface area contributed by atoms with Crippen LogP contribution in [0.25, 0.3) is 6.08 Å². The summed E-state index contributed by atoms with van der Waals surface area (Å²) in [6, 6.07) is 12.3. The number of hydrogen-bond donors (Lipinski definition) is 1. The number of non-ortho nitro benzene ring substituents is 1. The Morgan fingerprint density at radius 1 is 1.12 bits per heavy atom. The van der Waals surface area contributed by atoms with Gasteiger partial charge in [0.1, 0.15) is 5.75 Å². The molecule has 0 spiro atoms. The van der Waals surface area contributed by atoms with Crippen LogP contribution in [0, 0.1) is 10.1 Å². The molecule has 0 heterocycles. The van der Waals surface area contributed by atoms with Crippen LogP contribution >= 0.6 is 0 Å². The third-order valence-corrected chi connectivity index (χ3v) is 3.24. The average Bonchev–Trinajstić information content (AvgIpc) is 2.65. The van der Waals surface area contributed by atoms with E-state index in [1.807, 2.05) is 0 Å². The van der Waals surface area contributed by atoms with E-state index in [0.717, 1.165) is 5.56 Å². The van der Waals surface area contributed by atoms with Gasteiger partial charge in [0.05, 0.1) is 12.0 Å². The van der Waals surface area contributed by atoms with Gasteiger partial charge in [-0.25, -0.2) is 4.79 Å². The van der Waals surface area contributed by atoms with Gasteiger partial charge in [0, 0.05) is 23.9 Å². The number of esters is 1. The second-order valence-corrected chi connectivity index (χ2v) is 5.07. The molecule has 0 aliphatic rings. The Balaban J connectivity index is 1.79. The van der Waals surface area contributed by atoms with Gasteiger partial charge in [0.25, 0.3) is 11.6 Å². The van der Waals surface area contributed by atoms with Crippen molar-refractivity contribution in [2.75, 3.05) is 19.0 Å². The molecule has 0 saturated carbocycles. The number of ether oxygens (including phenoxy) is 2. The summed E-state index contributed by atoms with van der Waals surface area (Å²) >= 11 is 0. The molecule has 0 radical (unpaired) electrons. The van der Waals surface area contributed by atoms with Crippen molar-refractivity contribution in [2.24, 2.45) is 0 Å². The number of nitrogens with one attached hydrogen (secondary N) is 1. The number of nitro benzene ring substituents is 1. The van der Waals surface area contributed by atoms with Crippen LogP contribution in [0.5, 0.6) is 5.75 Å². The molecule has 1 N–H and O–H groups in total. The Hall–Kier alpha value is -3.68. The van der Waals surface area contributed by atoms with Gasteiger partial charge in [-0.3, -0.25) is 14.9 Å². The SMILES string of the molecule is COc1ccc(/C=C/C(=O)OCC(=O)Nc2ccc([N+](=O)[O-])cc2)cc1. The molecular weight excluding hydrogens is 340 g/mol. The minimum Gasteiger partial charge on any atom is -0.497 e. The van der Waals surface area contributed by atoms with Crippen molar-refractivity contribution in [2.45, 2.75) is 0 Å². The van der Waals surface area contributed by atoms with Crippen molar-refractivity contribution < 1.29 is 24.0 Å². The molecule has 0 fully saturated rings. The normalized spacial score (nSPS) is 10.3. The number of carbonyl (C=O) groups is 2. The van der Waals surface area contributed by atoms with Crippen molar-refractivity contribution in [3.8, 4) is 5.75 Å². The highest BCUT2D eigenvalue weighted by Crippen LogP contribution is 2.15. The Morgan fingerprint density at radius 2 is 1.77 bits per heavy atom. The number of rotatable bonds is 7. The lowest BCUT2D eigenvalue weighted by molar-refractivity contribution is -0.384. The van der Waals surface area contributed by atoms with Crippen LogP contribution in [-0.4, -0.2) is 30.5 Å². The van der Waals surface area contributed by atoms with Crippen LogP contribution in [-0.2, 0) is 14.3 Å². The third-order valence-electron chi connectivity index (χ3n) is 3.24. The zero-order valence-electron chi connectivity index (χ0n) is 13.9. The monoisotopic (exact) mass is 356 g/mol. The van der Waals surface area contributed by atoms with E-state index in [0.29, 0.717) is 11.4 Å². The van der Waals surface area contributed by atoms with Crippen molar-refractivity contribution in [3.05, 3.63) is 70.3 Å². The van der Waals surface area contributed by atoms with Crippen LogP contribution in [0.15, 0.2) is 54.6 Å². The second kappa shape index (κ2) is 8.97. The highest BCUT2D eigenvalue weighted by atomic mass is 16.6. The molecule has 8 nitrogen and oxygen atoms in total. The fourth-order valence-electron chi connectivity index (χ4n) is 1.93. The number of nitrogens with zero attached hydrogens (tertiary/aromatic N) is 1. The van der Waals surface area contributed by atoms with Crippen LogP contribution in [0.1, 0.15) is 5.56 Å². The minimum atomic E-state index is -0.667. The van der Waals surface area contributed by atoms with Gasteiger partial charge >= 0.3 is 5.97 Å². The van der Waals surface area contributed by atoms with Gasteiger partial charge in [-0.05, 0) is 35.9 Å². The molecule has 0 unspecified atom stereocenters. The molecule has 0 aliphatic heterocycles. The summed E-state index contributed by atoms with van der Waals surface area (Å²) in [5, 5.41) is 13.0. The van der Waals surface area contributed by atoms with Crippen molar-refractivity contribution in [3.63, 3.8) is 0 Å². The van der Waals surface area contributed by atoms with E-state index in [1.54, 1.807) is 37.5 Å². The van der Waals surface area contributed by atoms with E-state index in [-0.39, 0.29) is 5.69 Å². The molecule has 0 bridgehead atoms. The lowest BCUT2D eigenvalue weighted by Gasteiger charge is -2.05. The topological polar surface area (TPSA) is 108 Å². The molecule has 1 amide bonds. The second-order valence-electron chi connectivity index (χ2n) is 5.07. The van der Waals surface area contributed by atoms with Crippen LogP contribution < -0.4 is 10.1 Å². The van der Waals surface area contributed by atoms with Crippen molar-refractivity contribution >= 4 is 29.3 Å². The first kappa shape index (κ1) is 18.7. The average molecular weight is 356 g/mol. The first-order valence-electron chi connectivity index (χ1n) is 7.51. The van der Waals surface area contributed by atoms with Crippen molar-refractivity contribution in [1.82, 2.24) is 0 Å². The molecule has 0 atom stereocenters. The largest absolute Gasteiger partial charge is 0.497 e. The molecule has 0 aromatic heterocycles. The Morgan fingerprint density at radius 3 is 2.35 bits per heavy atom. The lowest BCUT2D eigenvalue weighted by Crippen LogP contribution is -2.20. The lowest BCUT2D eigenvalue weighted by atomic mass is 10.2. The summed E-state index contributed by atoms with van der Waals surface area (Å²) in [5.41, 5.74) is 1.06. The maximum atomic E-state index is 11.7. The molecule has 26 heavy (non-hydrogen) atoms. The van der Waals surface area contributed by atoms with E-state index in [2.05, 4.69) is 5.32 Å². The smallest absolute Gasteiger partial charge is 0.331 e. The number of carbonyl (C=O) groups excluding carboxylic acids is 2. The van der Waals surface area contributed by atoms with Gasteiger partial charge in [-0.15, -0.1) is 0 Å². The Bertz CT molecular complexity index is 813. The number of methoxy groups -OCH3 is 1. The summed E-state index contributed by atoms with van der Waals surface area (Å²) in [4.78, 5) is 33.4. The van der Waals surface area contributed by atoms with Gasteiger partial charge in [0.2, 0.25) is 0 Å². The van der Waals surface area contributed by atoms with E-state index in [1.165, 1.54) is 30.3 Å². The van der Waals surface area contributed by atoms with E-state index in [4.69, 9.17) is 9.47 Å².